The highest BCUT2D eigenvalue weighted by Gasteiger charge is 2.17. The van der Waals surface area contributed by atoms with E-state index in [9.17, 15) is 4.79 Å². The molecule has 0 atom stereocenters. The van der Waals surface area contributed by atoms with E-state index in [2.05, 4.69) is 4.57 Å². The highest BCUT2D eigenvalue weighted by atomic mass is 32.2. The second-order valence-electron chi connectivity index (χ2n) is 2.49. The van der Waals surface area contributed by atoms with E-state index in [4.69, 9.17) is 5.73 Å². The van der Waals surface area contributed by atoms with E-state index in [-0.39, 0.29) is 5.91 Å². The summed E-state index contributed by atoms with van der Waals surface area (Å²) in [5.41, 5.74) is 6.92. The molecule has 0 saturated carbocycles. The van der Waals surface area contributed by atoms with Gasteiger partial charge in [-0.1, -0.05) is 0 Å². The predicted octanol–water partition coefficient (Wildman–Crippen LogP) is 0.791. The third-order valence-corrected chi connectivity index (χ3v) is 2.75. The summed E-state index contributed by atoms with van der Waals surface area (Å²) in [5, 5.41) is 0. The van der Waals surface area contributed by atoms with Crippen molar-refractivity contribution < 1.29 is 4.79 Å². The Morgan fingerprint density at radius 1 is 1.73 bits per heavy atom. The lowest BCUT2D eigenvalue weighted by molar-refractivity contribution is 0.0999. The van der Waals surface area contributed by atoms with Gasteiger partial charge in [0.15, 0.2) is 0 Å². The molecule has 0 bridgehead atoms. The number of hydrogen-bond acceptors (Lipinski definition) is 2. The SMILES string of the molecule is NC(=O)c1ccn2c1CSC2. The quantitative estimate of drug-likeness (QED) is 0.674. The number of thioether (sulfide) groups is 1. The summed E-state index contributed by atoms with van der Waals surface area (Å²) in [7, 11) is 0. The third-order valence-electron chi connectivity index (χ3n) is 1.81. The zero-order chi connectivity index (χ0) is 7.84. The van der Waals surface area contributed by atoms with Crippen molar-refractivity contribution in [3.8, 4) is 0 Å². The van der Waals surface area contributed by atoms with Crippen molar-refractivity contribution in [3.63, 3.8) is 0 Å². The van der Waals surface area contributed by atoms with Crippen LogP contribution in [0.2, 0.25) is 0 Å². The number of amides is 1. The Labute approximate surface area is 68.6 Å². The molecule has 1 aromatic heterocycles. The highest BCUT2D eigenvalue weighted by molar-refractivity contribution is 7.97. The minimum atomic E-state index is -0.318. The molecule has 2 N–H and O–H groups in total. The van der Waals surface area contributed by atoms with Crippen molar-refractivity contribution in [1.82, 2.24) is 4.57 Å². The lowest BCUT2D eigenvalue weighted by atomic mass is 10.2. The summed E-state index contributed by atoms with van der Waals surface area (Å²) in [6.07, 6.45) is 1.91. The van der Waals surface area contributed by atoms with Gasteiger partial charge in [-0.05, 0) is 6.07 Å². The Balaban J connectivity index is 2.50. The number of nitrogens with two attached hydrogens (primary N) is 1. The summed E-state index contributed by atoms with van der Waals surface area (Å²) < 4.78 is 2.06. The summed E-state index contributed by atoms with van der Waals surface area (Å²) in [6.45, 7) is 0. The molecule has 2 rings (SSSR count). The molecule has 11 heavy (non-hydrogen) atoms. The topological polar surface area (TPSA) is 48.0 Å². The van der Waals surface area contributed by atoms with E-state index in [1.165, 1.54) is 0 Å². The van der Waals surface area contributed by atoms with Gasteiger partial charge in [0.25, 0.3) is 5.91 Å². The second kappa shape index (κ2) is 2.30. The molecule has 1 aromatic rings. The molecule has 1 aliphatic rings. The Bertz CT molecular complexity index is 305. The molecule has 0 fully saturated rings. The van der Waals surface area contributed by atoms with Crippen LogP contribution >= 0.6 is 11.8 Å². The van der Waals surface area contributed by atoms with Gasteiger partial charge >= 0.3 is 0 Å². The van der Waals surface area contributed by atoms with Crippen LogP contribution in [-0.4, -0.2) is 10.5 Å². The number of hydrogen-bond donors (Lipinski definition) is 1. The first kappa shape index (κ1) is 6.79. The Kier molecular flexibility index (Phi) is 1.42. The molecular formula is C7H8N2OS. The fraction of sp³-hybridized carbons (Fsp3) is 0.286. The van der Waals surface area contributed by atoms with Crippen LogP contribution in [0, 0.1) is 0 Å². The van der Waals surface area contributed by atoms with Gasteiger partial charge in [-0.15, -0.1) is 11.8 Å². The fourth-order valence-corrected chi connectivity index (χ4v) is 2.30. The van der Waals surface area contributed by atoms with E-state index in [1.54, 1.807) is 17.8 Å². The van der Waals surface area contributed by atoms with Gasteiger partial charge in [0, 0.05) is 17.6 Å². The van der Waals surface area contributed by atoms with Crippen molar-refractivity contribution in [2.24, 2.45) is 5.73 Å². The molecule has 0 unspecified atom stereocenters. The molecule has 2 heterocycles. The largest absolute Gasteiger partial charge is 0.366 e. The Morgan fingerprint density at radius 3 is 3.27 bits per heavy atom. The molecule has 0 aliphatic carbocycles. The maximum absolute atomic E-state index is 10.8. The minimum Gasteiger partial charge on any atom is -0.366 e. The van der Waals surface area contributed by atoms with Gasteiger partial charge in [0.1, 0.15) is 0 Å². The summed E-state index contributed by atoms with van der Waals surface area (Å²) in [5.74, 6) is 1.54. The van der Waals surface area contributed by atoms with Crippen molar-refractivity contribution in [2.45, 2.75) is 11.6 Å². The second-order valence-corrected chi connectivity index (χ2v) is 3.44. The van der Waals surface area contributed by atoms with Crippen LogP contribution < -0.4 is 5.73 Å². The van der Waals surface area contributed by atoms with Crippen LogP contribution in [0.1, 0.15) is 16.1 Å². The van der Waals surface area contributed by atoms with Gasteiger partial charge in [-0.3, -0.25) is 4.79 Å². The third kappa shape index (κ3) is 0.939. The molecule has 1 aliphatic heterocycles. The van der Waals surface area contributed by atoms with Gasteiger partial charge in [-0.2, -0.15) is 0 Å². The van der Waals surface area contributed by atoms with E-state index in [1.807, 2.05) is 6.20 Å². The molecule has 1 amide bonds. The zero-order valence-electron chi connectivity index (χ0n) is 5.91. The van der Waals surface area contributed by atoms with Gasteiger partial charge in [0.05, 0.1) is 11.4 Å². The number of primary amides is 1. The smallest absolute Gasteiger partial charge is 0.250 e. The number of carbonyl (C=O) groups is 1. The molecule has 3 nitrogen and oxygen atoms in total. The fourth-order valence-electron chi connectivity index (χ4n) is 1.25. The van der Waals surface area contributed by atoms with Crippen LogP contribution in [0.3, 0.4) is 0 Å². The standard InChI is InChI=1S/C7H8N2OS/c8-7(10)5-1-2-9-4-11-3-6(5)9/h1-2H,3-4H2,(H2,8,10). The number of aromatic nitrogens is 1. The summed E-state index contributed by atoms with van der Waals surface area (Å²) >= 11 is 1.80. The highest BCUT2D eigenvalue weighted by Crippen LogP contribution is 2.26. The van der Waals surface area contributed by atoms with Crippen LogP contribution in [0.4, 0.5) is 0 Å². The van der Waals surface area contributed by atoms with Crippen molar-refractivity contribution in [2.75, 3.05) is 0 Å². The maximum atomic E-state index is 10.8. The summed E-state index contributed by atoms with van der Waals surface area (Å²) in [6, 6.07) is 1.79. The van der Waals surface area contributed by atoms with E-state index in [0.717, 1.165) is 17.3 Å². The summed E-state index contributed by atoms with van der Waals surface area (Å²) in [4.78, 5) is 10.8. The number of carbonyl (C=O) groups excluding carboxylic acids is 1. The molecule has 0 spiro atoms. The van der Waals surface area contributed by atoms with E-state index < -0.39 is 0 Å². The average Bonchev–Trinajstić information content (AvgIpc) is 2.41. The number of fused-ring (bicyclic) bond motifs is 1. The first-order valence-electron chi connectivity index (χ1n) is 3.34. The first-order valence-corrected chi connectivity index (χ1v) is 4.50. The number of nitrogens with zero attached hydrogens (tertiary/aromatic N) is 1. The molecule has 0 radical (unpaired) electrons. The van der Waals surface area contributed by atoms with Crippen molar-refractivity contribution in [3.05, 3.63) is 23.5 Å². The van der Waals surface area contributed by atoms with Crippen LogP contribution in [0.25, 0.3) is 0 Å². The van der Waals surface area contributed by atoms with Crippen LogP contribution in [-0.2, 0) is 11.6 Å². The van der Waals surface area contributed by atoms with Crippen LogP contribution in [0.15, 0.2) is 12.3 Å². The molecule has 4 heteroatoms. The normalized spacial score (nSPS) is 14.9. The molecule has 0 saturated heterocycles. The van der Waals surface area contributed by atoms with Crippen molar-refractivity contribution >= 4 is 17.7 Å². The molecule has 0 aromatic carbocycles. The van der Waals surface area contributed by atoms with E-state index in [0.29, 0.717) is 5.56 Å². The lowest BCUT2D eigenvalue weighted by Crippen LogP contribution is -2.12. The average molecular weight is 168 g/mol. The first-order chi connectivity index (χ1) is 5.29. The molecular weight excluding hydrogens is 160 g/mol. The Hall–Kier alpha value is -0.900. The monoisotopic (exact) mass is 168 g/mol. The minimum absolute atomic E-state index is 0.318. The Morgan fingerprint density at radius 2 is 2.55 bits per heavy atom. The lowest BCUT2D eigenvalue weighted by Gasteiger charge is -1.94. The van der Waals surface area contributed by atoms with Gasteiger partial charge in [-0.25, -0.2) is 0 Å². The molecule has 58 valence electrons. The van der Waals surface area contributed by atoms with Gasteiger partial charge in [0.2, 0.25) is 0 Å². The van der Waals surface area contributed by atoms with Crippen molar-refractivity contribution in [1.29, 1.82) is 0 Å². The zero-order valence-corrected chi connectivity index (χ0v) is 6.73. The predicted molar refractivity (Wildman–Crippen MR) is 44.2 cm³/mol. The van der Waals surface area contributed by atoms with Crippen LogP contribution in [0.5, 0.6) is 0 Å². The number of rotatable bonds is 1. The maximum Gasteiger partial charge on any atom is 0.250 e. The van der Waals surface area contributed by atoms with Gasteiger partial charge < -0.3 is 10.3 Å². The van der Waals surface area contributed by atoms with E-state index >= 15 is 0 Å².